The van der Waals surface area contributed by atoms with Crippen LogP contribution in [0.2, 0.25) is 0 Å². The first kappa shape index (κ1) is 24.6. The van der Waals surface area contributed by atoms with Crippen molar-refractivity contribution in [2.24, 2.45) is 0 Å². The highest BCUT2D eigenvalue weighted by Crippen LogP contribution is 2.39. The minimum Gasteiger partial charge on any atom is -0.455 e. The summed E-state index contributed by atoms with van der Waals surface area (Å²) in [4.78, 5) is 5.24. The Morgan fingerprint density at radius 3 is 1.93 bits per heavy atom. The molecule has 0 atom stereocenters. The monoisotopic (exact) mass is 562 g/mol. The van der Waals surface area contributed by atoms with Crippen LogP contribution in [0.3, 0.4) is 0 Å². The molecule has 0 radical (unpaired) electrons. The molecule has 0 unspecified atom stereocenters. The third-order valence-electron chi connectivity index (χ3n) is 8.59. The molecule has 206 valence electrons. The number of rotatable bonds is 4. The Labute approximate surface area is 254 Å². The highest BCUT2D eigenvalue weighted by Gasteiger charge is 2.17. The minimum absolute atomic E-state index is 0.895. The Hall–Kier alpha value is -5.93. The van der Waals surface area contributed by atoms with Crippen molar-refractivity contribution in [1.29, 1.82) is 0 Å². The number of pyridine rings is 1. The molecule has 9 aromatic rings. The number of aromatic nitrogens is 2. The lowest BCUT2D eigenvalue weighted by atomic mass is 9.98. The third kappa shape index (κ3) is 3.87. The van der Waals surface area contributed by atoms with Crippen LogP contribution in [0.25, 0.3) is 83.1 Å². The molecule has 9 rings (SSSR count). The van der Waals surface area contributed by atoms with Gasteiger partial charge in [0.05, 0.1) is 22.4 Å². The standard InChI is InChI=1S/C41H26N2O/c1-3-12-27(13-4-1)36-25-29(31-18-11-19-34-33-17-8-10-21-40(33)44-41(31)34)26-37(42-36)28-22-23-39-35(24-28)32-16-7-9-20-38(32)43(39)30-14-5-2-6-15-30/h1-26H. The summed E-state index contributed by atoms with van der Waals surface area (Å²) in [6, 6.07) is 55.4. The van der Waals surface area contributed by atoms with Crippen molar-refractivity contribution in [2.45, 2.75) is 0 Å². The molecule has 0 spiro atoms. The van der Waals surface area contributed by atoms with Crippen molar-refractivity contribution in [1.82, 2.24) is 9.55 Å². The summed E-state index contributed by atoms with van der Waals surface area (Å²) in [6.07, 6.45) is 0. The zero-order valence-electron chi connectivity index (χ0n) is 23.8. The second kappa shape index (κ2) is 9.82. The second-order valence-electron chi connectivity index (χ2n) is 11.2. The van der Waals surface area contributed by atoms with Gasteiger partial charge in [-0.2, -0.15) is 0 Å². The van der Waals surface area contributed by atoms with Gasteiger partial charge in [-0.25, -0.2) is 4.98 Å². The van der Waals surface area contributed by atoms with Gasteiger partial charge >= 0.3 is 0 Å². The molecule has 6 aromatic carbocycles. The molecule has 0 saturated carbocycles. The van der Waals surface area contributed by atoms with Gasteiger partial charge < -0.3 is 8.98 Å². The second-order valence-corrected chi connectivity index (χ2v) is 11.2. The van der Waals surface area contributed by atoms with Crippen LogP contribution in [0.5, 0.6) is 0 Å². The van der Waals surface area contributed by atoms with Crippen LogP contribution in [0.4, 0.5) is 0 Å². The molecule has 3 nitrogen and oxygen atoms in total. The fourth-order valence-corrected chi connectivity index (χ4v) is 6.55. The Bertz CT molecular complexity index is 2490. The predicted molar refractivity (Wildman–Crippen MR) is 182 cm³/mol. The average Bonchev–Trinajstić information content (AvgIpc) is 3.64. The van der Waals surface area contributed by atoms with E-state index in [0.29, 0.717) is 0 Å². The number of furan rings is 1. The summed E-state index contributed by atoms with van der Waals surface area (Å²) in [5, 5.41) is 4.67. The summed E-state index contributed by atoms with van der Waals surface area (Å²) in [6.45, 7) is 0. The molecule has 3 heterocycles. The maximum atomic E-state index is 6.46. The van der Waals surface area contributed by atoms with E-state index in [1.165, 1.54) is 21.8 Å². The van der Waals surface area contributed by atoms with E-state index in [0.717, 1.165) is 61.3 Å². The Balaban J connectivity index is 1.29. The van der Waals surface area contributed by atoms with E-state index >= 15 is 0 Å². The van der Waals surface area contributed by atoms with Crippen molar-refractivity contribution < 1.29 is 4.42 Å². The van der Waals surface area contributed by atoms with E-state index in [1.54, 1.807) is 0 Å². The fourth-order valence-electron chi connectivity index (χ4n) is 6.55. The molecule has 44 heavy (non-hydrogen) atoms. The maximum Gasteiger partial charge on any atom is 0.143 e. The van der Waals surface area contributed by atoms with Crippen LogP contribution < -0.4 is 0 Å². The van der Waals surface area contributed by atoms with Crippen molar-refractivity contribution in [2.75, 3.05) is 0 Å². The molecular formula is C41H26N2O. The van der Waals surface area contributed by atoms with Crippen molar-refractivity contribution in [3.8, 4) is 39.3 Å². The normalized spacial score (nSPS) is 11.6. The first-order valence-corrected chi connectivity index (χ1v) is 14.9. The minimum atomic E-state index is 0.895. The molecule has 0 aliphatic heterocycles. The van der Waals surface area contributed by atoms with Crippen LogP contribution >= 0.6 is 0 Å². The fraction of sp³-hybridized carbons (Fsp3) is 0. The highest BCUT2D eigenvalue weighted by atomic mass is 16.3. The van der Waals surface area contributed by atoms with Gasteiger partial charge in [0.1, 0.15) is 11.2 Å². The molecule has 0 saturated heterocycles. The quantitative estimate of drug-likeness (QED) is 0.214. The lowest BCUT2D eigenvalue weighted by molar-refractivity contribution is 0.670. The van der Waals surface area contributed by atoms with Gasteiger partial charge in [0, 0.05) is 43.9 Å². The van der Waals surface area contributed by atoms with Crippen LogP contribution in [-0.4, -0.2) is 9.55 Å². The smallest absolute Gasteiger partial charge is 0.143 e. The van der Waals surface area contributed by atoms with Crippen LogP contribution in [0.15, 0.2) is 162 Å². The van der Waals surface area contributed by atoms with Crippen LogP contribution in [0.1, 0.15) is 0 Å². The number of hydrogen-bond donors (Lipinski definition) is 0. The van der Waals surface area contributed by atoms with Gasteiger partial charge in [-0.1, -0.05) is 109 Å². The van der Waals surface area contributed by atoms with E-state index < -0.39 is 0 Å². The van der Waals surface area contributed by atoms with E-state index in [9.17, 15) is 0 Å². The number of fused-ring (bicyclic) bond motifs is 6. The molecule has 0 bridgehead atoms. The molecule has 3 aromatic heterocycles. The van der Waals surface area contributed by atoms with E-state index in [-0.39, 0.29) is 0 Å². The zero-order valence-corrected chi connectivity index (χ0v) is 23.8. The Kier molecular flexibility index (Phi) is 5.50. The zero-order chi connectivity index (χ0) is 29.0. The number of hydrogen-bond acceptors (Lipinski definition) is 2. The Morgan fingerprint density at radius 1 is 0.432 bits per heavy atom. The first-order chi connectivity index (χ1) is 21.8. The van der Waals surface area contributed by atoms with Gasteiger partial charge in [0.25, 0.3) is 0 Å². The molecule has 0 aliphatic rings. The summed E-state index contributed by atoms with van der Waals surface area (Å²) in [5.41, 5.74) is 11.4. The molecule has 3 heteroatoms. The lowest BCUT2D eigenvalue weighted by Gasteiger charge is -2.11. The van der Waals surface area contributed by atoms with E-state index in [2.05, 4.69) is 144 Å². The predicted octanol–water partition coefficient (Wildman–Crippen LogP) is 11.1. The highest BCUT2D eigenvalue weighted by molar-refractivity contribution is 6.11. The van der Waals surface area contributed by atoms with Gasteiger partial charge in [-0.05, 0) is 54.1 Å². The maximum absolute atomic E-state index is 6.46. The van der Waals surface area contributed by atoms with E-state index in [1.807, 2.05) is 18.2 Å². The third-order valence-corrected chi connectivity index (χ3v) is 8.59. The van der Waals surface area contributed by atoms with E-state index in [4.69, 9.17) is 9.40 Å². The van der Waals surface area contributed by atoms with Crippen molar-refractivity contribution in [3.63, 3.8) is 0 Å². The van der Waals surface area contributed by atoms with Crippen molar-refractivity contribution in [3.05, 3.63) is 158 Å². The first-order valence-electron chi connectivity index (χ1n) is 14.9. The molecule has 0 N–H and O–H groups in total. The SMILES string of the molecule is c1ccc(-c2cc(-c3cccc4c3oc3ccccc34)cc(-c3ccc4c(c3)c3ccccc3n4-c3ccccc3)n2)cc1. The molecule has 0 fully saturated rings. The summed E-state index contributed by atoms with van der Waals surface area (Å²) in [5.74, 6) is 0. The summed E-state index contributed by atoms with van der Waals surface area (Å²) >= 11 is 0. The molecular weight excluding hydrogens is 536 g/mol. The lowest BCUT2D eigenvalue weighted by Crippen LogP contribution is -1.93. The number of para-hydroxylation sites is 4. The largest absolute Gasteiger partial charge is 0.455 e. The molecule has 0 aliphatic carbocycles. The van der Waals surface area contributed by atoms with Gasteiger partial charge in [0.15, 0.2) is 0 Å². The van der Waals surface area contributed by atoms with Gasteiger partial charge in [-0.3, -0.25) is 0 Å². The van der Waals surface area contributed by atoms with Crippen LogP contribution in [-0.2, 0) is 0 Å². The number of benzene rings is 6. The molecule has 0 amide bonds. The Morgan fingerprint density at radius 2 is 1.09 bits per heavy atom. The summed E-state index contributed by atoms with van der Waals surface area (Å²) in [7, 11) is 0. The average molecular weight is 563 g/mol. The van der Waals surface area contributed by atoms with Crippen LogP contribution in [0, 0.1) is 0 Å². The number of nitrogens with zero attached hydrogens (tertiary/aromatic N) is 2. The van der Waals surface area contributed by atoms with Crippen molar-refractivity contribution >= 4 is 43.7 Å². The summed E-state index contributed by atoms with van der Waals surface area (Å²) < 4.78 is 8.80. The topological polar surface area (TPSA) is 31.0 Å². The van der Waals surface area contributed by atoms with Gasteiger partial charge in [-0.15, -0.1) is 0 Å². The van der Waals surface area contributed by atoms with Gasteiger partial charge in [0.2, 0.25) is 0 Å².